The van der Waals surface area contributed by atoms with Gasteiger partial charge in [0.15, 0.2) is 0 Å². The number of ether oxygens (including phenoxy) is 1. The van der Waals surface area contributed by atoms with Gasteiger partial charge in [0, 0.05) is 11.6 Å². The molecular formula is C17H21N3O3S. The van der Waals surface area contributed by atoms with Crippen LogP contribution in [0.25, 0.3) is 0 Å². The molecule has 0 spiro atoms. The maximum Gasteiger partial charge on any atom is 0.277 e. The predicted octanol–water partition coefficient (Wildman–Crippen LogP) is 3.86. The summed E-state index contributed by atoms with van der Waals surface area (Å²) in [4.78, 5) is 12.0. The Balaban J connectivity index is 1.48. The third kappa shape index (κ3) is 4.50. The third-order valence-corrected chi connectivity index (χ3v) is 4.90. The van der Waals surface area contributed by atoms with Crippen molar-refractivity contribution < 1.29 is 13.9 Å². The molecule has 1 fully saturated rings. The fraction of sp³-hybridized carbons (Fsp3) is 0.471. The van der Waals surface area contributed by atoms with Crippen molar-refractivity contribution in [3.63, 3.8) is 0 Å². The van der Waals surface area contributed by atoms with E-state index in [4.69, 9.17) is 9.15 Å². The summed E-state index contributed by atoms with van der Waals surface area (Å²) in [5.41, 5.74) is 0.731. The molecule has 1 heterocycles. The van der Waals surface area contributed by atoms with Crippen molar-refractivity contribution in [2.24, 2.45) is 0 Å². The second kappa shape index (κ2) is 8.19. The first-order valence-corrected chi connectivity index (χ1v) is 9.13. The van der Waals surface area contributed by atoms with Crippen LogP contribution >= 0.6 is 11.8 Å². The van der Waals surface area contributed by atoms with Gasteiger partial charge in [0.05, 0.1) is 12.9 Å². The number of nitrogens with one attached hydrogen (secondary N) is 1. The smallest absolute Gasteiger partial charge is 0.277 e. The van der Waals surface area contributed by atoms with Crippen LogP contribution in [0.3, 0.4) is 0 Å². The molecule has 3 rings (SSSR count). The molecule has 1 saturated carbocycles. The number of benzene rings is 1. The summed E-state index contributed by atoms with van der Waals surface area (Å²) in [6, 6.07) is 7.21. The highest BCUT2D eigenvalue weighted by Crippen LogP contribution is 2.32. The average Bonchev–Trinajstić information content (AvgIpc) is 3.10. The summed E-state index contributed by atoms with van der Waals surface area (Å²) in [5, 5.41) is 11.5. The van der Waals surface area contributed by atoms with E-state index < -0.39 is 0 Å². The molecule has 1 aliphatic carbocycles. The van der Waals surface area contributed by atoms with Crippen molar-refractivity contribution in [3.8, 4) is 5.75 Å². The monoisotopic (exact) mass is 347 g/mol. The van der Waals surface area contributed by atoms with Gasteiger partial charge in [0.1, 0.15) is 5.75 Å². The molecule has 1 aromatic carbocycles. The van der Waals surface area contributed by atoms with E-state index in [0.29, 0.717) is 17.0 Å². The highest BCUT2D eigenvalue weighted by Gasteiger charge is 2.21. The Kier molecular flexibility index (Phi) is 5.74. The SMILES string of the molecule is COc1ccc(NC(=O)CSc2nnc(C3CCCCC3)o2)cc1. The summed E-state index contributed by atoms with van der Waals surface area (Å²) in [6.07, 6.45) is 5.96. The lowest BCUT2D eigenvalue weighted by Gasteiger charge is -2.17. The molecule has 128 valence electrons. The van der Waals surface area contributed by atoms with Crippen molar-refractivity contribution in [1.82, 2.24) is 10.2 Å². The minimum Gasteiger partial charge on any atom is -0.497 e. The molecule has 0 radical (unpaired) electrons. The lowest BCUT2D eigenvalue weighted by molar-refractivity contribution is -0.113. The highest BCUT2D eigenvalue weighted by molar-refractivity contribution is 7.99. The first-order valence-electron chi connectivity index (χ1n) is 8.14. The van der Waals surface area contributed by atoms with Gasteiger partial charge < -0.3 is 14.5 Å². The lowest BCUT2D eigenvalue weighted by atomic mass is 9.89. The van der Waals surface area contributed by atoms with Gasteiger partial charge in [0.2, 0.25) is 11.8 Å². The number of rotatable bonds is 6. The molecular weight excluding hydrogens is 326 g/mol. The van der Waals surface area contributed by atoms with Crippen LogP contribution in [0.2, 0.25) is 0 Å². The van der Waals surface area contributed by atoms with E-state index in [0.717, 1.165) is 24.3 Å². The average molecular weight is 347 g/mol. The van der Waals surface area contributed by atoms with E-state index >= 15 is 0 Å². The van der Waals surface area contributed by atoms with Gasteiger partial charge in [-0.2, -0.15) is 0 Å². The molecule has 6 nitrogen and oxygen atoms in total. The first-order chi connectivity index (χ1) is 11.7. The molecule has 24 heavy (non-hydrogen) atoms. The molecule has 0 bridgehead atoms. The fourth-order valence-corrected chi connectivity index (χ4v) is 3.36. The van der Waals surface area contributed by atoms with Crippen molar-refractivity contribution in [3.05, 3.63) is 30.2 Å². The summed E-state index contributed by atoms with van der Waals surface area (Å²) in [7, 11) is 1.61. The molecule has 1 amide bonds. The number of amides is 1. The van der Waals surface area contributed by atoms with Gasteiger partial charge in [-0.25, -0.2) is 0 Å². The van der Waals surface area contributed by atoms with Crippen LogP contribution in [0, 0.1) is 0 Å². The zero-order valence-electron chi connectivity index (χ0n) is 13.7. The Hall–Kier alpha value is -2.02. The van der Waals surface area contributed by atoms with Gasteiger partial charge in [-0.15, -0.1) is 10.2 Å². The summed E-state index contributed by atoms with van der Waals surface area (Å²) in [5.74, 6) is 1.98. The van der Waals surface area contributed by atoms with E-state index in [1.807, 2.05) is 0 Å². The summed E-state index contributed by atoms with van der Waals surface area (Å²) >= 11 is 1.26. The third-order valence-electron chi connectivity index (χ3n) is 4.08. The van der Waals surface area contributed by atoms with Crippen LogP contribution in [0.15, 0.2) is 33.9 Å². The number of nitrogens with zero attached hydrogens (tertiary/aromatic N) is 2. The minimum atomic E-state index is -0.109. The van der Waals surface area contributed by atoms with Crippen molar-refractivity contribution >= 4 is 23.4 Å². The Morgan fingerprint density at radius 1 is 1.25 bits per heavy atom. The topological polar surface area (TPSA) is 77.2 Å². The van der Waals surface area contributed by atoms with E-state index in [1.165, 1.54) is 31.0 Å². The van der Waals surface area contributed by atoms with Crippen LogP contribution < -0.4 is 10.1 Å². The second-order valence-corrected chi connectivity index (χ2v) is 6.73. The number of hydrogen-bond donors (Lipinski definition) is 1. The van der Waals surface area contributed by atoms with Crippen molar-refractivity contribution in [2.75, 3.05) is 18.2 Å². The standard InChI is InChI=1S/C17H21N3O3S/c1-22-14-9-7-13(8-10-14)18-15(21)11-24-17-20-19-16(23-17)12-5-3-2-4-6-12/h7-10,12H,2-6,11H2,1H3,(H,18,21). The molecule has 0 unspecified atom stereocenters. The van der Waals surface area contributed by atoms with Crippen LogP contribution in [-0.2, 0) is 4.79 Å². The number of carbonyl (C=O) groups is 1. The molecule has 0 saturated heterocycles. The largest absolute Gasteiger partial charge is 0.497 e. The van der Waals surface area contributed by atoms with E-state index in [9.17, 15) is 4.79 Å². The van der Waals surface area contributed by atoms with E-state index in [1.54, 1.807) is 31.4 Å². The quantitative estimate of drug-likeness (QED) is 0.800. The van der Waals surface area contributed by atoms with Crippen molar-refractivity contribution in [2.45, 2.75) is 43.2 Å². The Labute approximate surface area is 145 Å². The Bertz CT molecular complexity index is 666. The van der Waals surface area contributed by atoms with Crippen LogP contribution in [0.1, 0.15) is 43.9 Å². The van der Waals surface area contributed by atoms with Gasteiger partial charge in [-0.3, -0.25) is 4.79 Å². The Morgan fingerprint density at radius 2 is 2.00 bits per heavy atom. The number of carbonyl (C=O) groups excluding carboxylic acids is 1. The van der Waals surface area contributed by atoms with Crippen LogP contribution in [0.4, 0.5) is 5.69 Å². The Morgan fingerprint density at radius 3 is 2.71 bits per heavy atom. The molecule has 1 aromatic heterocycles. The number of methoxy groups -OCH3 is 1. The first kappa shape index (κ1) is 16.8. The molecule has 1 aliphatic rings. The molecule has 0 atom stereocenters. The number of hydrogen-bond acceptors (Lipinski definition) is 6. The fourth-order valence-electron chi connectivity index (χ4n) is 2.79. The van der Waals surface area contributed by atoms with Gasteiger partial charge >= 0.3 is 0 Å². The van der Waals surface area contributed by atoms with Gasteiger partial charge in [-0.05, 0) is 37.1 Å². The molecule has 0 aliphatic heterocycles. The maximum atomic E-state index is 12.0. The van der Waals surface area contributed by atoms with Crippen molar-refractivity contribution in [1.29, 1.82) is 0 Å². The van der Waals surface area contributed by atoms with Crippen LogP contribution in [-0.4, -0.2) is 29.0 Å². The zero-order valence-corrected chi connectivity index (χ0v) is 14.5. The maximum absolute atomic E-state index is 12.0. The van der Waals surface area contributed by atoms with Gasteiger partial charge in [-0.1, -0.05) is 31.0 Å². The molecule has 2 aromatic rings. The number of thioether (sulfide) groups is 1. The van der Waals surface area contributed by atoms with Crippen LogP contribution in [0.5, 0.6) is 5.75 Å². The summed E-state index contributed by atoms with van der Waals surface area (Å²) < 4.78 is 10.8. The number of aromatic nitrogens is 2. The minimum absolute atomic E-state index is 0.109. The molecule has 7 heteroatoms. The number of anilines is 1. The summed E-state index contributed by atoms with van der Waals surface area (Å²) in [6.45, 7) is 0. The zero-order chi connectivity index (χ0) is 16.8. The normalized spacial score (nSPS) is 15.2. The predicted molar refractivity (Wildman–Crippen MR) is 92.5 cm³/mol. The lowest BCUT2D eigenvalue weighted by Crippen LogP contribution is -2.13. The van der Waals surface area contributed by atoms with E-state index in [2.05, 4.69) is 15.5 Å². The van der Waals surface area contributed by atoms with E-state index in [-0.39, 0.29) is 11.7 Å². The van der Waals surface area contributed by atoms with Gasteiger partial charge in [0.25, 0.3) is 5.22 Å². The second-order valence-electron chi connectivity index (χ2n) is 5.81. The molecule has 1 N–H and O–H groups in total. The highest BCUT2D eigenvalue weighted by atomic mass is 32.2.